The molecule has 4 rings (SSSR count). The number of anilines is 2. The summed E-state index contributed by atoms with van der Waals surface area (Å²) in [5.74, 6) is 1.02. The Morgan fingerprint density at radius 2 is 1.83 bits per heavy atom. The van der Waals surface area contributed by atoms with Crippen molar-refractivity contribution < 1.29 is 13.9 Å². The zero-order valence-electron chi connectivity index (χ0n) is 17.1. The number of hydrogen-bond donors (Lipinski definition) is 2. The van der Waals surface area contributed by atoms with Crippen molar-refractivity contribution in [2.24, 2.45) is 0 Å². The molecule has 1 aromatic heterocycles. The Bertz CT molecular complexity index is 1190. The minimum Gasteiger partial charge on any atom is -0.495 e. The molecule has 0 unspecified atom stereocenters. The molecule has 6 heteroatoms. The van der Waals surface area contributed by atoms with Crippen LogP contribution in [-0.2, 0) is 4.79 Å². The maximum atomic E-state index is 13.3. The Kier molecular flexibility index (Phi) is 5.39. The average Bonchev–Trinajstić information content (AvgIpc) is 3.12. The zero-order valence-corrected chi connectivity index (χ0v) is 17.1. The second-order valence-corrected chi connectivity index (χ2v) is 7.10. The average molecular weight is 401 g/mol. The van der Waals surface area contributed by atoms with Crippen molar-refractivity contribution in [2.75, 3.05) is 17.7 Å². The third-order valence-corrected chi connectivity index (χ3v) is 4.81. The van der Waals surface area contributed by atoms with Crippen LogP contribution in [0.4, 0.5) is 11.4 Å². The maximum absolute atomic E-state index is 13.3. The van der Waals surface area contributed by atoms with E-state index in [1.165, 1.54) is 0 Å². The van der Waals surface area contributed by atoms with E-state index in [0.29, 0.717) is 22.9 Å². The zero-order chi connectivity index (χ0) is 21.1. The molecule has 2 N–H and O–H groups in total. The molecule has 30 heavy (non-hydrogen) atoms. The maximum Gasteiger partial charge on any atom is 0.251 e. The van der Waals surface area contributed by atoms with Crippen LogP contribution in [0.5, 0.6) is 5.75 Å². The summed E-state index contributed by atoms with van der Waals surface area (Å²) in [7, 11) is 1.59. The van der Waals surface area contributed by atoms with Crippen molar-refractivity contribution in [2.45, 2.75) is 19.9 Å². The topological polar surface area (TPSA) is 76.4 Å². The molecule has 0 radical (unpaired) electrons. The van der Waals surface area contributed by atoms with E-state index in [1.807, 2.05) is 80.6 Å². The second-order valence-electron chi connectivity index (χ2n) is 7.10. The normalized spacial score (nSPS) is 11.8. The molecule has 0 aliphatic heterocycles. The van der Waals surface area contributed by atoms with Gasteiger partial charge < -0.3 is 19.8 Å². The molecule has 1 atom stereocenters. The fraction of sp³-hybridized carbons (Fsp3) is 0.167. The van der Waals surface area contributed by atoms with Gasteiger partial charge in [0.05, 0.1) is 12.8 Å². The largest absolute Gasteiger partial charge is 0.495 e. The molecule has 6 nitrogen and oxygen atoms in total. The highest BCUT2D eigenvalue weighted by Gasteiger charge is 2.22. The Hall–Kier alpha value is -3.80. The first kappa shape index (κ1) is 19.5. The fourth-order valence-electron chi connectivity index (χ4n) is 3.37. The predicted octanol–water partition coefficient (Wildman–Crippen LogP) is 5.25. The van der Waals surface area contributed by atoms with Gasteiger partial charge in [0, 0.05) is 12.6 Å². The minimum absolute atomic E-state index is 0.193. The van der Waals surface area contributed by atoms with Gasteiger partial charge in [0.25, 0.3) is 5.91 Å². The number of aryl methyl sites for hydroxylation is 2. The van der Waals surface area contributed by atoms with Crippen LogP contribution in [0.2, 0.25) is 0 Å². The number of amides is 1. The number of nitrogens with one attached hydrogen (secondary N) is 2. The summed E-state index contributed by atoms with van der Waals surface area (Å²) in [6.45, 7) is 3.78. The van der Waals surface area contributed by atoms with Crippen LogP contribution in [0.3, 0.4) is 0 Å². The van der Waals surface area contributed by atoms with Gasteiger partial charge in [-0.1, -0.05) is 36.4 Å². The van der Waals surface area contributed by atoms with Crippen molar-refractivity contribution in [3.05, 3.63) is 83.7 Å². The molecule has 3 aromatic carbocycles. The first-order valence-electron chi connectivity index (χ1n) is 9.67. The van der Waals surface area contributed by atoms with Crippen LogP contribution in [-0.4, -0.2) is 18.0 Å². The summed E-state index contributed by atoms with van der Waals surface area (Å²) in [4.78, 5) is 17.7. The molecule has 0 aliphatic rings. The number of carbonyl (C=O) groups is 1. The number of nitrogens with zero attached hydrogens (tertiary/aromatic N) is 1. The number of fused-ring (bicyclic) bond motifs is 1. The lowest BCUT2D eigenvalue weighted by atomic mass is 10.1. The molecule has 0 fully saturated rings. The second kappa shape index (κ2) is 8.29. The Morgan fingerprint density at radius 1 is 1.03 bits per heavy atom. The lowest BCUT2D eigenvalue weighted by Gasteiger charge is -2.21. The van der Waals surface area contributed by atoms with Crippen LogP contribution in [0.25, 0.3) is 11.1 Å². The van der Waals surface area contributed by atoms with Gasteiger partial charge in [0.2, 0.25) is 0 Å². The van der Waals surface area contributed by atoms with Gasteiger partial charge >= 0.3 is 0 Å². The fourth-order valence-corrected chi connectivity index (χ4v) is 3.37. The van der Waals surface area contributed by atoms with Crippen molar-refractivity contribution >= 4 is 28.4 Å². The number of rotatable bonds is 6. The molecule has 0 aliphatic carbocycles. The van der Waals surface area contributed by atoms with Gasteiger partial charge in [-0.05, 0) is 48.4 Å². The van der Waals surface area contributed by atoms with Gasteiger partial charge in [-0.3, -0.25) is 4.79 Å². The first-order valence-corrected chi connectivity index (χ1v) is 9.67. The van der Waals surface area contributed by atoms with Gasteiger partial charge in [-0.2, -0.15) is 0 Å². The Morgan fingerprint density at radius 3 is 2.60 bits per heavy atom. The highest BCUT2D eigenvalue weighted by atomic mass is 16.5. The van der Waals surface area contributed by atoms with E-state index in [9.17, 15) is 4.79 Å². The van der Waals surface area contributed by atoms with E-state index in [0.717, 1.165) is 22.3 Å². The smallest absolute Gasteiger partial charge is 0.251 e. The van der Waals surface area contributed by atoms with E-state index in [-0.39, 0.29) is 5.91 Å². The van der Waals surface area contributed by atoms with E-state index >= 15 is 0 Å². The quantitative estimate of drug-likeness (QED) is 0.462. The molecular formula is C24H23N3O3. The molecule has 1 heterocycles. The Labute approximate surface area is 174 Å². The number of methoxy groups -OCH3 is 1. The van der Waals surface area contributed by atoms with Crippen LogP contribution < -0.4 is 15.4 Å². The Balaban J connectivity index is 1.65. The highest BCUT2D eigenvalue weighted by Crippen LogP contribution is 2.29. The molecule has 1 amide bonds. The van der Waals surface area contributed by atoms with Gasteiger partial charge in [-0.15, -0.1) is 0 Å². The summed E-state index contributed by atoms with van der Waals surface area (Å²) in [6, 6.07) is 20.3. The SMILES string of the molecule is COc1ccc(C)cc1NC(=O)[C@@H](Nc1ccc2oc(C)nc2c1)c1ccccc1. The van der Waals surface area contributed by atoms with Crippen molar-refractivity contribution in [1.29, 1.82) is 0 Å². The van der Waals surface area contributed by atoms with Crippen LogP contribution in [0, 0.1) is 13.8 Å². The minimum atomic E-state index is -0.609. The molecule has 152 valence electrons. The van der Waals surface area contributed by atoms with E-state index in [1.54, 1.807) is 7.11 Å². The molecule has 4 aromatic rings. The van der Waals surface area contributed by atoms with Gasteiger partial charge in [0.1, 0.15) is 17.3 Å². The van der Waals surface area contributed by atoms with Crippen LogP contribution in [0.15, 0.2) is 71.1 Å². The van der Waals surface area contributed by atoms with Crippen molar-refractivity contribution in [3.63, 3.8) is 0 Å². The first-order chi connectivity index (χ1) is 14.5. The summed E-state index contributed by atoms with van der Waals surface area (Å²) < 4.78 is 10.9. The highest BCUT2D eigenvalue weighted by molar-refractivity contribution is 5.98. The van der Waals surface area contributed by atoms with E-state index in [4.69, 9.17) is 9.15 Å². The molecule has 0 spiro atoms. The number of ether oxygens (including phenoxy) is 1. The third kappa shape index (κ3) is 4.12. The van der Waals surface area contributed by atoms with Crippen LogP contribution >= 0.6 is 0 Å². The molecule has 0 saturated carbocycles. The summed E-state index contributed by atoms with van der Waals surface area (Å²) >= 11 is 0. The number of oxazole rings is 1. The monoisotopic (exact) mass is 401 g/mol. The number of hydrogen-bond acceptors (Lipinski definition) is 5. The molecule has 0 saturated heterocycles. The van der Waals surface area contributed by atoms with Gasteiger partial charge in [-0.25, -0.2) is 4.98 Å². The van der Waals surface area contributed by atoms with E-state index < -0.39 is 6.04 Å². The lowest BCUT2D eigenvalue weighted by Crippen LogP contribution is -2.27. The number of carbonyl (C=O) groups excluding carboxylic acids is 1. The van der Waals surface area contributed by atoms with Crippen LogP contribution in [0.1, 0.15) is 23.1 Å². The predicted molar refractivity (Wildman–Crippen MR) is 118 cm³/mol. The molecule has 0 bridgehead atoms. The lowest BCUT2D eigenvalue weighted by molar-refractivity contribution is -0.117. The van der Waals surface area contributed by atoms with E-state index in [2.05, 4.69) is 15.6 Å². The van der Waals surface area contributed by atoms with Crippen molar-refractivity contribution in [3.8, 4) is 5.75 Å². The number of aromatic nitrogens is 1. The summed E-state index contributed by atoms with van der Waals surface area (Å²) in [6.07, 6.45) is 0. The summed E-state index contributed by atoms with van der Waals surface area (Å²) in [5, 5.41) is 6.34. The van der Waals surface area contributed by atoms with Crippen molar-refractivity contribution in [1.82, 2.24) is 4.98 Å². The van der Waals surface area contributed by atoms with Gasteiger partial charge in [0.15, 0.2) is 11.5 Å². The standard InChI is InChI=1S/C24H23N3O3/c1-15-9-11-21(29-3)19(13-15)27-24(28)23(17-7-5-4-6-8-17)26-18-10-12-22-20(14-18)25-16(2)30-22/h4-14,23,26H,1-3H3,(H,27,28)/t23-/m0/s1. The summed E-state index contributed by atoms with van der Waals surface area (Å²) in [5.41, 5.74) is 4.73. The third-order valence-electron chi connectivity index (χ3n) is 4.81. The molecular weight excluding hydrogens is 378 g/mol. The number of benzene rings is 3.